The number of carbonyl (C=O) groups excluding carboxylic acids is 2. The quantitative estimate of drug-likeness (QED) is 0.933. The first-order chi connectivity index (χ1) is 11.6. The van der Waals surface area contributed by atoms with E-state index < -0.39 is 4.87 Å². The van der Waals surface area contributed by atoms with Gasteiger partial charge in [-0.15, -0.1) is 0 Å². The average Bonchev–Trinajstić information content (AvgIpc) is 3.10. The molecule has 2 aromatic carbocycles. The van der Waals surface area contributed by atoms with Gasteiger partial charge in [-0.2, -0.15) is 0 Å². The van der Waals surface area contributed by atoms with Gasteiger partial charge in [-0.25, -0.2) is 4.39 Å². The molecule has 4 nitrogen and oxygen atoms in total. The highest BCUT2D eigenvalue weighted by molar-refractivity contribution is 8.02. The lowest BCUT2D eigenvalue weighted by atomic mass is 10.1. The van der Waals surface area contributed by atoms with Gasteiger partial charge >= 0.3 is 0 Å². The molecule has 0 unspecified atom stereocenters. The van der Waals surface area contributed by atoms with Crippen molar-refractivity contribution in [2.75, 3.05) is 4.90 Å². The third-order valence-corrected chi connectivity index (χ3v) is 5.90. The van der Waals surface area contributed by atoms with E-state index in [-0.39, 0.29) is 24.2 Å². The van der Waals surface area contributed by atoms with Crippen molar-refractivity contribution in [1.82, 2.24) is 5.32 Å². The van der Waals surface area contributed by atoms with Crippen LogP contribution in [-0.4, -0.2) is 16.7 Å². The van der Waals surface area contributed by atoms with Crippen LogP contribution in [0.4, 0.5) is 10.1 Å². The van der Waals surface area contributed by atoms with Crippen molar-refractivity contribution in [3.8, 4) is 0 Å². The van der Waals surface area contributed by atoms with E-state index in [9.17, 15) is 14.0 Å². The zero-order valence-electron chi connectivity index (χ0n) is 12.8. The van der Waals surface area contributed by atoms with Crippen LogP contribution in [0.15, 0.2) is 53.4 Å². The fraction of sp³-hybridized carbons (Fsp3) is 0.222. The monoisotopic (exact) mass is 342 g/mol. The number of hydrogen-bond acceptors (Lipinski definition) is 3. The van der Waals surface area contributed by atoms with E-state index in [0.29, 0.717) is 18.4 Å². The van der Waals surface area contributed by atoms with Crippen molar-refractivity contribution >= 4 is 29.3 Å². The molecular weight excluding hydrogens is 327 g/mol. The maximum absolute atomic E-state index is 13.7. The van der Waals surface area contributed by atoms with Crippen molar-refractivity contribution in [1.29, 1.82) is 0 Å². The second kappa shape index (κ2) is 5.63. The third-order valence-electron chi connectivity index (χ3n) is 4.43. The van der Waals surface area contributed by atoms with E-state index in [1.807, 2.05) is 24.3 Å². The first kappa shape index (κ1) is 15.2. The number of nitrogens with zero attached hydrogens (tertiary/aromatic N) is 1. The lowest BCUT2D eigenvalue weighted by molar-refractivity contribution is -0.125. The summed E-state index contributed by atoms with van der Waals surface area (Å²) >= 11 is 1.40. The Balaban J connectivity index is 1.60. The van der Waals surface area contributed by atoms with Crippen molar-refractivity contribution < 1.29 is 14.0 Å². The number of rotatable bonds is 3. The predicted molar refractivity (Wildman–Crippen MR) is 90.0 cm³/mol. The lowest BCUT2D eigenvalue weighted by Crippen LogP contribution is -2.52. The Hall–Kier alpha value is -2.34. The summed E-state index contributed by atoms with van der Waals surface area (Å²) in [6, 6.07) is 13.9. The van der Waals surface area contributed by atoms with E-state index in [0.717, 1.165) is 10.6 Å². The van der Waals surface area contributed by atoms with Crippen LogP contribution < -0.4 is 10.2 Å². The molecule has 2 aliphatic heterocycles. The van der Waals surface area contributed by atoms with Gasteiger partial charge in [0.25, 0.3) is 5.91 Å². The highest BCUT2D eigenvalue weighted by atomic mass is 32.2. The number of fused-ring (bicyclic) bond motifs is 3. The van der Waals surface area contributed by atoms with Crippen LogP contribution in [0.3, 0.4) is 0 Å². The van der Waals surface area contributed by atoms with Gasteiger partial charge < -0.3 is 5.32 Å². The molecule has 0 spiro atoms. The number of benzene rings is 2. The molecule has 0 saturated carbocycles. The van der Waals surface area contributed by atoms with Crippen LogP contribution in [0.1, 0.15) is 18.4 Å². The van der Waals surface area contributed by atoms with Crippen LogP contribution in [-0.2, 0) is 16.1 Å². The standard InChI is InChI=1S/C18H15FN2O2S/c19-13-6-2-1-5-12(13)11-20-17(23)18-10-9-16(22)21(18)14-7-3-4-8-15(14)24-18/h1-8H,9-11H2,(H,20,23)/t18-/m0/s1. The van der Waals surface area contributed by atoms with E-state index in [4.69, 9.17) is 0 Å². The number of amides is 2. The summed E-state index contributed by atoms with van der Waals surface area (Å²) < 4.78 is 13.7. The summed E-state index contributed by atoms with van der Waals surface area (Å²) in [6.45, 7) is 0.103. The topological polar surface area (TPSA) is 49.4 Å². The largest absolute Gasteiger partial charge is 0.349 e. The normalized spacial score (nSPS) is 21.5. The summed E-state index contributed by atoms with van der Waals surface area (Å²) in [7, 11) is 0. The first-order valence-electron chi connectivity index (χ1n) is 7.75. The van der Waals surface area contributed by atoms with Gasteiger partial charge in [0.15, 0.2) is 4.87 Å². The summed E-state index contributed by atoms with van der Waals surface area (Å²) in [5, 5.41) is 2.81. The Morgan fingerprint density at radius 1 is 1.21 bits per heavy atom. The Kier molecular flexibility index (Phi) is 3.57. The van der Waals surface area contributed by atoms with E-state index in [1.165, 1.54) is 17.8 Å². The lowest BCUT2D eigenvalue weighted by Gasteiger charge is -2.29. The molecule has 6 heteroatoms. The fourth-order valence-electron chi connectivity index (χ4n) is 3.25. The second-order valence-corrected chi connectivity index (χ2v) is 7.18. The SMILES string of the molecule is O=C1CC[C@@]2(C(=O)NCc3ccccc3F)Sc3ccccc3N12. The van der Waals surface area contributed by atoms with E-state index >= 15 is 0 Å². The van der Waals surface area contributed by atoms with Gasteiger partial charge in [0, 0.05) is 23.4 Å². The van der Waals surface area contributed by atoms with Gasteiger partial charge in [-0.1, -0.05) is 42.1 Å². The molecule has 2 amide bonds. The zero-order chi connectivity index (χ0) is 16.7. The van der Waals surface area contributed by atoms with Crippen LogP contribution in [0.5, 0.6) is 0 Å². The van der Waals surface area contributed by atoms with Gasteiger partial charge in [0.2, 0.25) is 5.91 Å². The molecular formula is C18H15FN2O2S. The minimum atomic E-state index is -0.952. The molecule has 1 fully saturated rings. The molecule has 2 heterocycles. The van der Waals surface area contributed by atoms with Gasteiger partial charge in [0.1, 0.15) is 5.82 Å². The van der Waals surface area contributed by atoms with Crippen molar-refractivity contribution in [2.45, 2.75) is 29.2 Å². The van der Waals surface area contributed by atoms with Crippen molar-refractivity contribution in [2.24, 2.45) is 0 Å². The molecule has 0 bridgehead atoms. The number of hydrogen-bond donors (Lipinski definition) is 1. The summed E-state index contributed by atoms with van der Waals surface area (Å²) in [5.74, 6) is -0.650. The minimum absolute atomic E-state index is 0.0477. The predicted octanol–water partition coefficient (Wildman–Crippen LogP) is 3.07. The Morgan fingerprint density at radius 3 is 2.79 bits per heavy atom. The molecule has 2 aliphatic rings. The number of para-hydroxylation sites is 1. The van der Waals surface area contributed by atoms with Crippen LogP contribution >= 0.6 is 11.8 Å². The van der Waals surface area contributed by atoms with Crippen LogP contribution in [0.25, 0.3) is 0 Å². The molecule has 4 rings (SSSR count). The highest BCUT2D eigenvalue weighted by Crippen LogP contribution is 2.55. The molecule has 122 valence electrons. The van der Waals surface area contributed by atoms with Crippen LogP contribution in [0.2, 0.25) is 0 Å². The molecule has 1 atom stereocenters. The maximum atomic E-state index is 13.7. The summed E-state index contributed by atoms with van der Waals surface area (Å²) in [5.41, 5.74) is 1.21. The van der Waals surface area contributed by atoms with Crippen molar-refractivity contribution in [3.63, 3.8) is 0 Å². The Bertz CT molecular complexity index is 841. The molecule has 0 radical (unpaired) electrons. The van der Waals surface area contributed by atoms with Crippen LogP contribution in [0, 0.1) is 5.82 Å². The number of carbonyl (C=O) groups is 2. The van der Waals surface area contributed by atoms with Gasteiger partial charge in [0.05, 0.1) is 5.69 Å². The smallest absolute Gasteiger partial charge is 0.257 e. The van der Waals surface area contributed by atoms with E-state index in [1.54, 1.807) is 23.1 Å². The fourth-order valence-corrected chi connectivity index (χ4v) is 4.69. The number of halogens is 1. The summed E-state index contributed by atoms with van der Waals surface area (Å²) in [4.78, 5) is 26.8. The Morgan fingerprint density at radius 2 is 1.96 bits per heavy atom. The number of anilines is 1. The summed E-state index contributed by atoms with van der Waals surface area (Å²) in [6.07, 6.45) is 0.794. The molecule has 24 heavy (non-hydrogen) atoms. The third kappa shape index (κ3) is 2.21. The van der Waals surface area contributed by atoms with Gasteiger partial charge in [-0.05, 0) is 24.6 Å². The molecule has 0 aromatic heterocycles. The average molecular weight is 342 g/mol. The molecule has 1 saturated heterocycles. The molecule has 2 aromatic rings. The number of nitrogens with one attached hydrogen (secondary N) is 1. The molecule has 0 aliphatic carbocycles. The van der Waals surface area contributed by atoms with Gasteiger partial charge in [-0.3, -0.25) is 14.5 Å². The Labute approximate surface area is 143 Å². The number of thioether (sulfide) groups is 1. The van der Waals surface area contributed by atoms with E-state index in [2.05, 4.69) is 5.32 Å². The molecule has 1 N–H and O–H groups in total. The van der Waals surface area contributed by atoms with Crippen molar-refractivity contribution in [3.05, 3.63) is 59.9 Å². The first-order valence-corrected chi connectivity index (χ1v) is 8.56. The highest BCUT2D eigenvalue weighted by Gasteiger charge is 2.57. The minimum Gasteiger partial charge on any atom is -0.349 e. The second-order valence-electron chi connectivity index (χ2n) is 5.86. The maximum Gasteiger partial charge on any atom is 0.257 e. The zero-order valence-corrected chi connectivity index (χ0v) is 13.6.